The van der Waals surface area contributed by atoms with Crippen molar-refractivity contribution < 1.29 is 4.79 Å². The lowest BCUT2D eigenvalue weighted by Crippen LogP contribution is -2.34. The Morgan fingerprint density at radius 1 is 0.917 bits per heavy atom. The number of amides is 1. The number of nitrogens with zero attached hydrogens (tertiary/aromatic N) is 3. The van der Waals surface area contributed by atoms with Gasteiger partial charge in [0, 0.05) is 38.9 Å². The zero-order chi connectivity index (χ0) is 15.2. The molecule has 0 unspecified atom stereocenters. The van der Waals surface area contributed by atoms with Gasteiger partial charge in [0.15, 0.2) is 0 Å². The van der Waals surface area contributed by atoms with E-state index in [1.54, 1.807) is 6.20 Å². The summed E-state index contributed by atoms with van der Waals surface area (Å²) < 4.78 is 0. The number of halogens is 2. The Morgan fingerprint density at radius 3 is 2.33 bits per heavy atom. The molecular formula is C17H28Cl2N4O. The fourth-order valence-electron chi connectivity index (χ4n) is 3.23. The van der Waals surface area contributed by atoms with Crippen molar-refractivity contribution in [3.63, 3.8) is 0 Å². The van der Waals surface area contributed by atoms with Gasteiger partial charge in [-0.25, -0.2) is 4.98 Å². The topological polar surface area (TPSA) is 48.5 Å². The summed E-state index contributed by atoms with van der Waals surface area (Å²) in [6.45, 7) is 5.66. The third-order valence-electron chi connectivity index (χ3n) is 4.55. The fourth-order valence-corrected chi connectivity index (χ4v) is 3.23. The SMILES string of the molecule is Cl.Cl.O=C(c1ccc(N2CCCCCC2)nc1)N1CCCNCC1. The summed E-state index contributed by atoms with van der Waals surface area (Å²) in [5, 5.41) is 3.33. The molecule has 2 saturated heterocycles. The van der Waals surface area contributed by atoms with Gasteiger partial charge in [-0.05, 0) is 37.9 Å². The summed E-state index contributed by atoms with van der Waals surface area (Å²) in [5.74, 6) is 1.12. The van der Waals surface area contributed by atoms with Gasteiger partial charge >= 0.3 is 0 Å². The van der Waals surface area contributed by atoms with Crippen LogP contribution in [0.15, 0.2) is 18.3 Å². The highest BCUT2D eigenvalue weighted by Gasteiger charge is 2.18. The fraction of sp³-hybridized carbons (Fsp3) is 0.647. The van der Waals surface area contributed by atoms with E-state index in [9.17, 15) is 4.79 Å². The van der Waals surface area contributed by atoms with Crippen LogP contribution in [0.2, 0.25) is 0 Å². The summed E-state index contributed by atoms with van der Waals surface area (Å²) in [6.07, 6.45) is 7.88. The van der Waals surface area contributed by atoms with Crippen molar-refractivity contribution in [2.75, 3.05) is 44.2 Å². The quantitative estimate of drug-likeness (QED) is 0.864. The molecule has 1 amide bonds. The molecule has 1 aromatic rings. The second-order valence-corrected chi connectivity index (χ2v) is 6.20. The second kappa shape index (κ2) is 10.7. The Labute approximate surface area is 157 Å². The van der Waals surface area contributed by atoms with E-state index in [2.05, 4.69) is 15.2 Å². The standard InChI is InChI=1S/C17H26N4O.2ClH/c22-17(21-12-5-8-18-9-13-21)15-6-7-16(19-14-15)20-10-3-1-2-4-11-20;;/h6-7,14,18H,1-5,8-13H2;2*1H. The number of anilines is 1. The van der Waals surface area contributed by atoms with Gasteiger partial charge in [-0.1, -0.05) is 12.8 Å². The maximum atomic E-state index is 12.5. The molecule has 5 nitrogen and oxygen atoms in total. The number of nitrogens with one attached hydrogen (secondary N) is 1. The maximum absolute atomic E-state index is 12.5. The number of hydrogen-bond acceptors (Lipinski definition) is 4. The van der Waals surface area contributed by atoms with Gasteiger partial charge in [0.2, 0.25) is 0 Å². The minimum atomic E-state index is 0. The Morgan fingerprint density at radius 2 is 1.67 bits per heavy atom. The number of pyridine rings is 1. The first-order valence-electron chi connectivity index (χ1n) is 8.55. The molecule has 1 N–H and O–H groups in total. The van der Waals surface area contributed by atoms with E-state index in [4.69, 9.17) is 0 Å². The van der Waals surface area contributed by atoms with Gasteiger partial charge in [-0.15, -0.1) is 24.8 Å². The minimum Gasteiger partial charge on any atom is -0.357 e. The zero-order valence-electron chi connectivity index (χ0n) is 14.1. The largest absolute Gasteiger partial charge is 0.357 e. The van der Waals surface area contributed by atoms with E-state index >= 15 is 0 Å². The Hall–Kier alpha value is -1.04. The third-order valence-corrected chi connectivity index (χ3v) is 4.55. The van der Waals surface area contributed by atoms with Crippen LogP contribution < -0.4 is 10.2 Å². The van der Waals surface area contributed by atoms with Gasteiger partial charge in [0.1, 0.15) is 5.82 Å². The number of rotatable bonds is 2. The summed E-state index contributed by atoms with van der Waals surface area (Å²) in [7, 11) is 0. The summed E-state index contributed by atoms with van der Waals surface area (Å²) in [5.41, 5.74) is 0.709. The lowest BCUT2D eigenvalue weighted by atomic mass is 10.2. The minimum absolute atomic E-state index is 0. The van der Waals surface area contributed by atoms with Crippen LogP contribution >= 0.6 is 24.8 Å². The van der Waals surface area contributed by atoms with Crippen LogP contribution in [0.25, 0.3) is 0 Å². The van der Waals surface area contributed by atoms with Crippen molar-refractivity contribution in [1.29, 1.82) is 0 Å². The molecule has 0 aliphatic carbocycles. The van der Waals surface area contributed by atoms with Crippen LogP contribution in [0.4, 0.5) is 5.82 Å². The predicted octanol–water partition coefficient (Wildman–Crippen LogP) is 2.74. The van der Waals surface area contributed by atoms with Crippen LogP contribution in [0, 0.1) is 0 Å². The molecule has 0 aromatic carbocycles. The van der Waals surface area contributed by atoms with Crippen LogP contribution in [0.1, 0.15) is 42.5 Å². The number of carbonyl (C=O) groups excluding carboxylic acids is 1. The first-order chi connectivity index (χ1) is 10.8. The molecule has 3 heterocycles. The molecule has 0 spiro atoms. The van der Waals surface area contributed by atoms with E-state index in [-0.39, 0.29) is 30.7 Å². The molecule has 0 radical (unpaired) electrons. The summed E-state index contributed by atoms with van der Waals surface area (Å²) in [6, 6.07) is 3.95. The normalized spacial score (nSPS) is 18.7. The maximum Gasteiger partial charge on any atom is 0.255 e. The molecule has 2 fully saturated rings. The molecule has 1 aromatic heterocycles. The van der Waals surface area contributed by atoms with Crippen molar-refractivity contribution in [3.05, 3.63) is 23.9 Å². The van der Waals surface area contributed by atoms with Gasteiger partial charge < -0.3 is 15.1 Å². The van der Waals surface area contributed by atoms with Crippen LogP contribution in [0.5, 0.6) is 0 Å². The lowest BCUT2D eigenvalue weighted by molar-refractivity contribution is 0.0766. The van der Waals surface area contributed by atoms with Crippen LogP contribution in [-0.2, 0) is 0 Å². The number of aromatic nitrogens is 1. The smallest absolute Gasteiger partial charge is 0.255 e. The Kier molecular flexibility index (Phi) is 9.41. The summed E-state index contributed by atoms with van der Waals surface area (Å²) >= 11 is 0. The molecule has 0 atom stereocenters. The zero-order valence-corrected chi connectivity index (χ0v) is 15.7. The van der Waals surface area contributed by atoms with Crippen molar-refractivity contribution in [1.82, 2.24) is 15.2 Å². The molecule has 24 heavy (non-hydrogen) atoms. The molecule has 3 rings (SSSR count). The Bertz CT molecular complexity index is 482. The molecule has 0 saturated carbocycles. The van der Waals surface area contributed by atoms with Gasteiger partial charge in [-0.2, -0.15) is 0 Å². The van der Waals surface area contributed by atoms with E-state index in [0.29, 0.717) is 5.56 Å². The molecule has 136 valence electrons. The molecular weight excluding hydrogens is 347 g/mol. The molecule has 2 aliphatic rings. The Balaban J connectivity index is 0.00000144. The molecule has 2 aliphatic heterocycles. The van der Waals surface area contributed by atoms with Crippen molar-refractivity contribution in [3.8, 4) is 0 Å². The van der Waals surface area contributed by atoms with Crippen molar-refractivity contribution >= 4 is 36.5 Å². The van der Waals surface area contributed by atoms with Gasteiger partial charge in [0.25, 0.3) is 5.91 Å². The van der Waals surface area contributed by atoms with Crippen LogP contribution in [0.3, 0.4) is 0 Å². The first kappa shape index (κ1) is 21.0. The molecule has 7 heteroatoms. The van der Waals surface area contributed by atoms with Gasteiger partial charge in [0.05, 0.1) is 5.56 Å². The number of carbonyl (C=O) groups is 1. The average Bonchev–Trinajstić information content (AvgIpc) is 2.99. The van der Waals surface area contributed by atoms with Crippen LogP contribution in [-0.4, -0.2) is 55.1 Å². The molecule has 0 bridgehead atoms. The lowest BCUT2D eigenvalue weighted by Gasteiger charge is -2.22. The highest BCUT2D eigenvalue weighted by atomic mass is 35.5. The van der Waals surface area contributed by atoms with E-state index in [1.807, 2.05) is 17.0 Å². The van der Waals surface area contributed by atoms with E-state index in [1.165, 1.54) is 25.7 Å². The monoisotopic (exact) mass is 374 g/mol. The highest BCUT2D eigenvalue weighted by molar-refractivity contribution is 5.94. The van der Waals surface area contributed by atoms with Crippen molar-refractivity contribution in [2.45, 2.75) is 32.1 Å². The second-order valence-electron chi connectivity index (χ2n) is 6.20. The van der Waals surface area contributed by atoms with E-state index in [0.717, 1.165) is 51.5 Å². The van der Waals surface area contributed by atoms with Gasteiger partial charge in [-0.3, -0.25) is 4.79 Å². The van der Waals surface area contributed by atoms with E-state index < -0.39 is 0 Å². The highest BCUT2D eigenvalue weighted by Crippen LogP contribution is 2.18. The van der Waals surface area contributed by atoms with Crippen molar-refractivity contribution in [2.24, 2.45) is 0 Å². The third kappa shape index (κ3) is 5.50. The predicted molar refractivity (Wildman–Crippen MR) is 103 cm³/mol. The average molecular weight is 375 g/mol. The number of hydrogen-bond donors (Lipinski definition) is 1. The summed E-state index contributed by atoms with van der Waals surface area (Å²) in [4.78, 5) is 21.4. The first-order valence-corrected chi connectivity index (χ1v) is 8.55.